The number of pyridine rings is 1. The zero-order valence-corrected chi connectivity index (χ0v) is 20.0. The molecule has 0 aliphatic carbocycles. The number of fused-ring (bicyclic) bond motifs is 5. The van der Waals surface area contributed by atoms with Crippen LogP contribution in [0.15, 0.2) is 128 Å². The van der Waals surface area contributed by atoms with Gasteiger partial charge in [0, 0.05) is 28.2 Å². The van der Waals surface area contributed by atoms with Crippen molar-refractivity contribution in [3.8, 4) is 34.1 Å². The molecule has 0 spiro atoms. The molecule has 5 aromatic carbocycles. The van der Waals surface area contributed by atoms with Gasteiger partial charge >= 0.3 is 0 Å². The first-order chi connectivity index (χ1) is 18.3. The van der Waals surface area contributed by atoms with E-state index in [1.54, 1.807) is 12.3 Å². The van der Waals surface area contributed by atoms with E-state index in [1.807, 2.05) is 6.07 Å². The Morgan fingerprint density at radius 1 is 0.595 bits per heavy atom. The van der Waals surface area contributed by atoms with E-state index in [2.05, 4.69) is 125 Å². The second kappa shape index (κ2) is 8.48. The highest BCUT2D eigenvalue weighted by atomic mass is 15.0. The molecule has 3 heteroatoms. The van der Waals surface area contributed by atoms with Gasteiger partial charge in [-0.25, -0.2) is 0 Å². The van der Waals surface area contributed by atoms with Gasteiger partial charge in [0.15, 0.2) is 0 Å². The van der Waals surface area contributed by atoms with E-state index in [1.165, 1.54) is 32.6 Å². The summed E-state index contributed by atoms with van der Waals surface area (Å²) in [4.78, 5) is 4.44. The zero-order valence-electron chi connectivity index (χ0n) is 20.0. The normalized spacial score (nSPS) is 11.2. The maximum absolute atomic E-state index is 9.22. The summed E-state index contributed by atoms with van der Waals surface area (Å²) < 4.78 is 2.37. The summed E-state index contributed by atoms with van der Waals surface area (Å²) >= 11 is 0. The molecule has 0 aliphatic heterocycles. The molecule has 7 aromatic rings. The van der Waals surface area contributed by atoms with Gasteiger partial charge in [-0.1, -0.05) is 84.9 Å². The predicted octanol–water partition coefficient (Wildman–Crippen LogP) is 8.54. The number of benzene rings is 5. The fraction of sp³-hybridized carbons (Fsp3) is 0. The molecule has 0 bridgehead atoms. The molecule has 0 saturated heterocycles. The van der Waals surface area contributed by atoms with Crippen LogP contribution in [-0.2, 0) is 0 Å². The van der Waals surface area contributed by atoms with Gasteiger partial charge in [-0.3, -0.25) is 4.98 Å². The summed E-state index contributed by atoms with van der Waals surface area (Å²) in [5.41, 5.74) is 8.23. The first-order valence-electron chi connectivity index (χ1n) is 12.3. The van der Waals surface area contributed by atoms with Crippen molar-refractivity contribution in [2.75, 3.05) is 0 Å². The molecule has 0 N–H and O–H groups in total. The van der Waals surface area contributed by atoms with Gasteiger partial charge in [0.05, 0.1) is 28.4 Å². The number of para-hydroxylation sites is 1. The number of aromatic nitrogens is 2. The van der Waals surface area contributed by atoms with E-state index in [0.29, 0.717) is 5.56 Å². The number of rotatable bonds is 3. The Balaban J connectivity index is 1.43. The largest absolute Gasteiger partial charge is 0.309 e. The average molecular weight is 472 g/mol. The monoisotopic (exact) mass is 471 g/mol. The lowest BCUT2D eigenvalue weighted by Crippen LogP contribution is -1.93. The van der Waals surface area contributed by atoms with Crippen molar-refractivity contribution >= 4 is 32.6 Å². The van der Waals surface area contributed by atoms with Crippen molar-refractivity contribution in [1.29, 1.82) is 5.26 Å². The molecule has 172 valence electrons. The zero-order chi connectivity index (χ0) is 24.8. The molecular formula is C34H21N3. The summed E-state index contributed by atoms with van der Waals surface area (Å²) in [7, 11) is 0. The summed E-state index contributed by atoms with van der Waals surface area (Å²) in [6.45, 7) is 0. The van der Waals surface area contributed by atoms with Crippen LogP contribution in [0, 0.1) is 11.3 Å². The molecule has 2 heterocycles. The molecule has 2 aromatic heterocycles. The Morgan fingerprint density at radius 2 is 1.35 bits per heavy atom. The molecule has 37 heavy (non-hydrogen) atoms. The van der Waals surface area contributed by atoms with Crippen molar-refractivity contribution in [3.05, 3.63) is 133 Å². The van der Waals surface area contributed by atoms with Crippen LogP contribution >= 0.6 is 0 Å². The number of nitriles is 1. The third-order valence-electron chi connectivity index (χ3n) is 7.07. The van der Waals surface area contributed by atoms with Gasteiger partial charge in [-0.05, 0) is 58.3 Å². The van der Waals surface area contributed by atoms with Gasteiger partial charge < -0.3 is 4.57 Å². The topological polar surface area (TPSA) is 41.6 Å². The SMILES string of the molecule is N#Cc1ccnc(-c2ccc(-c3ccc4c5c6ccccc6ccc5n(-c5ccccc5)c4c3)cc2)c1. The fourth-order valence-electron chi connectivity index (χ4n) is 5.31. The molecule has 0 fully saturated rings. The lowest BCUT2D eigenvalue weighted by Gasteiger charge is -2.09. The molecule has 0 atom stereocenters. The molecule has 7 rings (SSSR count). The van der Waals surface area contributed by atoms with Gasteiger partial charge in [0.25, 0.3) is 0 Å². The van der Waals surface area contributed by atoms with Crippen LogP contribution in [0.5, 0.6) is 0 Å². The van der Waals surface area contributed by atoms with Crippen LogP contribution in [0.25, 0.3) is 60.6 Å². The second-order valence-corrected chi connectivity index (χ2v) is 9.20. The second-order valence-electron chi connectivity index (χ2n) is 9.20. The van der Waals surface area contributed by atoms with E-state index in [9.17, 15) is 5.26 Å². The van der Waals surface area contributed by atoms with Gasteiger partial charge in [0.2, 0.25) is 0 Å². The maximum Gasteiger partial charge on any atom is 0.0992 e. The fourth-order valence-corrected chi connectivity index (χ4v) is 5.31. The first-order valence-corrected chi connectivity index (χ1v) is 12.3. The van der Waals surface area contributed by atoms with Crippen molar-refractivity contribution in [2.24, 2.45) is 0 Å². The molecular weight excluding hydrogens is 450 g/mol. The lowest BCUT2D eigenvalue weighted by atomic mass is 9.99. The molecule has 0 unspecified atom stereocenters. The first kappa shape index (κ1) is 21.1. The van der Waals surface area contributed by atoms with Crippen molar-refractivity contribution in [3.63, 3.8) is 0 Å². The highest BCUT2D eigenvalue weighted by Gasteiger charge is 2.15. The Bertz CT molecular complexity index is 1970. The van der Waals surface area contributed by atoms with E-state index in [-0.39, 0.29) is 0 Å². The molecule has 0 radical (unpaired) electrons. The molecule has 0 saturated carbocycles. The quantitative estimate of drug-likeness (QED) is 0.259. The van der Waals surface area contributed by atoms with Gasteiger partial charge in [-0.2, -0.15) is 5.26 Å². The van der Waals surface area contributed by atoms with Crippen LogP contribution in [0.4, 0.5) is 0 Å². The Morgan fingerprint density at radius 3 is 2.19 bits per heavy atom. The number of hydrogen-bond acceptors (Lipinski definition) is 2. The van der Waals surface area contributed by atoms with Crippen molar-refractivity contribution in [2.45, 2.75) is 0 Å². The highest BCUT2D eigenvalue weighted by molar-refractivity contribution is 6.21. The van der Waals surface area contributed by atoms with Crippen LogP contribution in [0.3, 0.4) is 0 Å². The average Bonchev–Trinajstić information content (AvgIpc) is 3.32. The number of hydrogen-bond donors (Lipinski definition) is 0. The summed E-state index contributed by atoms with van der Waals surface area (Å²) in [6.07, 6.45) is 1.68. The van der Waals surface area contributed by atoms with E-state index in [4.69, 9.17) is 0 Å². The smallest absolute Gasteiger partial charge is 0.0992 e. The van der Waals surface area contributed by atoms with Crippen LogP contribution in [0.1, 0.15) is 5.56 Å². The Kier molecular flexibility index (Phi) is 4.84. The van der Waals surface area contributed by atoms with Crippen LogP contribution in [-0.4, -0.2) is 9.55 Å². The third-order valence-corrected chi connectivity index (χ3v) is 7.07. The summed E-state index contributed by atoms with van der Waals surface area (Å²) in [5, 5.41) is 14.3. The Hall–Kier alpha value is -5.20. The third kappa shape index (κ3) is 3.47. The summed E-state index contributed by atoms with van der Waals surface area (Å²) in [5.74, 6) is 0. The standard InChI is InChI=1S/C34H21N3/c35-22-23-18-19-36-31(20-23)26-12-10-24(11-13-26)27-14-16-30-33(21-27)37(28-7-2-1-3-8-28)32-17-15-25-6-4-5-9-29(25)34(30)32/h1-21H. The number of nitrogens with zero attached hydrogens (tertiary/aromatic N) is 3. The van der Waals surface area contributed by atoms with E-state index in [0.717, 1.165) is 28.1 Å². The molecule has 0 aliphatic rings. The van der Waals surface area contributed by atoms with Crippen LogP contribution < -0.4 is 0 Å². The molecule has 3 nitrogen and oxygen atoms in total. The predicted molar refractivity (Wildman–Crippen MR) is 152 cm³/mol. The minimum absolute atomic E-state index is 0.612. The lowest BCUT2D eigenvalue weighted by molar-refractivity contribution is 1.18. The van der Waals surface area contributed by atoms with Crippen molar-refractivity contribution in [1.82, 2.24) is 9.55 Å². The van der Waals surface area contributed by atoms with Gasteiger partial charge in [-0.15, -0.1) is 0 Å². The minimum Gasteiger partial charge on any atom is -0.309 e. The van der Waals surface area contributed by atoms with Crippen molar-refractivity contribution < 1.29 is 0 Å². The molecule has 0 amide bonds. The van der Waals surface area contributed by atoms with E-state index >= 15 is 0 Å². The Labute approximate surface area is 214 Å². The van der Waals surface area contributed by atoms with Gasteiger partial charge in [0.1, 0.15) is 0 Å². The highest BCUT2D eigenvalue weighted by Crippen LogP contribution is 2.38. The van der Waals surface area contributed by atoms with E-state index < -0.39 is 0 Å². The maximum atomic E-state index is 9.22. The van der Waals surface area contributed by atoms with Crippen LogP contribution in [0.2, 0.25) is 0 Å². The summed E-state index contributed by atoms with van der Waals surface area (Å²) in [6, 6.07) is 44.5. The minimum atomic E-state index is 0.612.